The van der Waals surface area contributed by atoms with E-state index in [1.807, 2.05) is 25.1 Å². The summed E-state index contributed by atoms with van der Waals surface area (Å²) in [5.74, 6) is 0.910. The molecule has 0 aromatic heterocycles. The van der Waals surface area contributed by atoms with Crippen molar-refractivity contribution in [2.45, 2.75) is 19.5 Å². The summed E-state index contributed by atoms with van der Waals surface area (Å²) < 4.78 is 6.46. The molecule has 112 valence electrons. The maximum absolute atomic E-state index is 5.92. The quantitative estimate of drug-likeness (QED) is 0.883. The van der Waals surface area contributed by atoms with Gasteiger partial charge < -0.3 is 15.4 Å². The van der Waals surface area contributed by atoms with Gasteiger partial charge in [0, 0.05) is 29.7 Å². The number of anilines is 1. The first-order valence-electron chi connectivity index (χ1n) is 6.91. The van der Waals surface area contributed by atoms with Crippen molar-refractivity contribution in [1.29, 1.82) is 0 Å². The van der Waals surface area contributed by atoms with Gasteiger partial charge in [0.1, 0.15) is 5.75 Å². The van der Waals surface area contributed by atoms with Gasteiger partial charge in [-0.15, -0.1) is 0 Å². The van der Waals surface area contributed by atoms with Crippen molar-refractivity contribution in [3.63, 3.8) is 0 Å². The monoisotopic (exact) mass is 348 g/mol. The van der Waals surface area contributed by atoms with Gasteiger partial charge in [0.15, 0.2) is 0 Å². The van der Waals surface area contributed by atoms with Crippen molar-refractivity contribution >= 4 is 21.6 Å². The zero-order valence-corrected chi connectivity index (χ0v) is 14.2. The van der Waals surface area contributed by atoms with E-state index in [1.54, 1.807) is 7.11 Å². The number of methoxy groups -OCH3 is 1. The van der Waals surface area contributed by atoms with Gasteiger partial charge in [-0.1, -0.05) is 24.3 Å². The van der Waals surface area contributed by atoms with Gasteiger partial charge in [0.25, 0.3) is 0 Å². The van der Waals surface area contributed by atoms with Crippen molar-refractivity contribution < 1.29 is 4.74 Å². The molecule has 2 N–H and O–H groups in total. The first kappa shape index (κ1) is 15.9. The lowest BCUT2D eigenvalue weighted by molar-refractivity contribution is 0.409. The molecular weight excluding hydrogens is 328 g/mol. The predicted molar refractivity (Wildman–Crippen MR) is 91.8 cm³/mol. The van der Waals surface area contributed by atoms with Crippen molar-refractivity contribution in [2.24, 2.45) is 5.73 Å². The molecule has 4 heteroatoms. The normalized spacial score (nSPS) is 12.0. The molecule has 0 aliphatic rings. The molecule has 2 aromatic carbocycles. The summed E-state index contributed by atoms with van der Waals surface area (Å²) in [5, 5.41) is 0. The number of nitrogens with two attached hydrogens (primary N) is 1. The first-order chi connectivity index (χ1) is 10.0. The fourth-order valence-corrected chi connectivity index (χ4v) is 2.99. The summed E-state index contributed by atoms with van der Waals surface area (Å²) in [6.45, 7) is 2.76. The van der Waals surface area contributed by atoms with E-state index >= 15 is 0 Å². The van der Waals surface area contributed by atoms with Crippen LogP contribution in [-0.4, -0.2) is 14.2 Å². The number of benzene rings is 2. The van der Waals surface area contributed by atoms with Crippen LogP contribution in [0.15, 0.2) is 46.9 Å². The molecule has 0 amide bonds. The van der Waals surface area contributed by atoms with Gasteiger partial charge in [0.2, 0.25) is 0 Å². The van der Waals surface area contributed by atoms with Crippen LogP contribution in [0.3, 0.4) is 0 Å². The minimum Gasteiger partial charge on any atom is -0.496 e. The van der Waals surface area contributed by atoms with E-state index in [2.05, 4.69) is 52.1 Å². The van der Waals surface area contributed by atoms with Crippen LogP contribution in [0.4, 0.5) is 5.69 Å². The van der Waals surface area contributed by atoms with E-state index in [0.717, 1.165) is 33.6 Å². The summed E-state index contributed by atoms with van der Waals surface area (Å²) in [6, 6.07) is 14.4. The third kappa shape index (κ3) is 3.77. The Balaban J connectivity index is 2.22. The topological polar surface area (TPSA) is 38.5 Å². The number of rotatable bonds is 5. The van der Waals surface area contributed by atoms with E-state index in [0.29, 0.717) is 0 Å². The molecule has 2 aromatic rings. The Morgan fingerprint density at radius 1 is 1.24 bits per heavy atom. The maximum atomic E-state index is 5.92. The highest BCUT2D eigenvalue weighted by Crippen LogP contribution is 2.30. The number of halogens is 1. The lowest BCUT2D eigenvalue weighted by Crippen LogP contribution is -2.17. The van der Waals surface area contributed by atoms with E-state index in [9.17, 15) is 0 Å². The molecule has 0 saturated heterocycles. The number of hydrogen-bond acceptors (Lipinski definition) is 3. The molecule has 1 atom stereocenters. The van der Waals surface area contributed by atoms with Gasteiger partial charge in [-0.3, -0.25) is 0 Å². The molecule has 0 bridgehead atoms. The Kier molecular flexibility index (Phi) is 5.26. The lowest BCUT2D eigenvalue weighted by Gasteiger charge is -2.23. The molecule has 3 nitrogen and oxygen atoms in total. The van der Waals surface area contributed by atoms with Crippen LogP contribution in [0, 0.1) is 0 Å². The number of hydrogen-bond donors (Lipinski definition) is 1. The minimum atomic E-state index is 0.0369. The molecule has 2 rings (SSSR count). The Hall–Kier alpha value is -1.52. The van der Waals surface area contributed by atoms with Gasteiger partial charge in [-0.25, -0.2) is 0 Å². The zero-order chi connectivity index (χ0) is 15.4. The van der Waals surface area contributed by atoms with Crippen LogP contribution >= 0.6 is 15.9 Å². The largest absolute Gasteiger partial charge is 0.496 e. The van der Waals surface area contributed by atoms with E-state index in [-0.39, 0.29) is 6.04 Å². The maximum Gasteiger partial charge on any atom is 0.123 e. The molecule has 21 heavy (non-hydrogen) atoms. The molecule has 0 heterocycles. The zero-order valence-electron chi connectivity index (χ0n) is 12.6. The third-order valence-electron chi connectivity index (χ3n) is 3.51. The molecular formula is C17H21BrN2O. The lowest BCUT2D eigenvalue weighted by atomic mass is 10.1. The molecule has 0 fully saturated rings. The SMILES string of the molecule is COc1ccccc1CN(C)c1ccc([C@@H](C)N)cc1Br. The summed E-state index contributed by atoms with van der Waals surface area (Å²) in [7, 11) is 3.77. The Morgan fingerprint density at radius 3 is 2.57 bits per heavy atom. The first-order valence-corrected chi connectivity index (χ1v) is 7.70. The van der Waals surface area contributed by atoms with Gasteiger partial charge >= 0.3 is 0 Å². The molecule has 0 spiro atoms. The fraction of sp³-hybridized carbons (Fsp3) is 0.294. The molecule has 0 saturated carbocycles. The highest BCUT2D eigenvalue weighted by Gasteiger charge is 2.11. The second-order valence-corrected chi connectivity index (χ2v) is 6.02. The molecule has 0 unspecified atom stereocenters. The van der Waals surface area contributed by atoms with E-state index in [4.69, 9.17) is 10.5 Å². The standard InChI is InChI=1S/C17H21BrN2O/c1-12(19)13-8-9-16(15(18)10-13)20(2)11-14-6-4-5-7-17(14)21-3/h4-10,12H,11,19H2,1-3H3/t12-/m1/s1. The fourth-order valence-electron chi connectivity index (χ4n) is 2.29. The minimum absolute atomic E-state index is 0.0369. The average Bonchev–Trinajstić information content (AvgIpc) is 2.47. The van der Waals surface area contributed by atoms with Crippen LogP contribution in [0.1, 0.15) is 24.1 Å². The Labute approximate surface area is 134 Å². The smallest absolute Gasteiger partial charge is 0.123 e. The van der Waals surface area contributed by atoms with Crippen molar-refractivity contribution in [3.05, 3.63) is 58.1 Å². The highest BCUT2D eigenvalue weighted by atomic mass is 79.9. The van der Waals surface area contributed by atoms with Crippen LogP contribution < -0.4 is 15.4 Å². The predicted octanol–water partition coefficient (Wildman–Crippen LogP) is 4.11. The molecule has 0 aliphatic heterocycles. The van der Waals surface area contributed by atoms with Crippen LogP contribution in [0.25, 0.3) is 0 Å². The Bertz CT molecular complexity index is 613. The van der Waals surface area contributed by atoms with Crippen LogP contribution in [0.5, 0.6) is 5.75 Å². The molecule has 0 aliphatic carbocycles. The van der Waals surface area contributed by atoms with Crippen LogP contribution in [0.2, 0.25) is 0 Å². The van der Waals surface area contributed by atoms with Gasteiger partial charge in [-0.05, 0) is 46.6 Å². The van der Waals surface area contributed by atoms with E-state index in [1.165, 1.54) is 0 Å². The van der Waals surface area contributed by atoms with Crippen molar-refractivity contribution in [1.82, 2.24) is 0 Å². The highest BCUT2D eigenvalue weighted by molar-refractivity contribution is 9.10. The summed E-state index contributed by atoms with van der Waals surface area (Å²) in [5.41, 5.74) is 9.33. The van der Waals surface area contributed by atoms with Crippen LogP contribution in [-0.2, 0) is 6.54 Å². The number of ether oxygens (including phenoxy) is 1. The second-order valence-electron chi connectivity index (χ2n) is 5.17. The number of para-hydroxylation sites is 1. The Morgan fingerprint density at radius 2 is 1.95 bits per heavy atom. The molecule has 0 radical (unpaired) electrons. The summed E-state index contributed by atoms with van der Waals surface area (Å²) >= 11 is 3.64. The second kappa shape index (κ2) is 6.96. The van der Waals surface area contributed by atoms with Crippen molar-refractivity contribution in [2.75, 3.05) is 19.1 Å². The summed E-state index contributed by atoms with van der Waals surface area (Å²) in [4.78, 5) is 2.19. The van der Waals surface area contributed by atoms with Gasteiger partial charge in [0.05, 0.1) is 12.8 Å². The number of nitrogens with zero attached hydrogens (tertiary/aromatic N) is 1. The van der Waals surface area contributed by atoms with Crippen molar-refractivity contribution in [3.8, 4) is 5.75 Å². The average molecular weight is 349 g/mol. The third-order valence-corrected chi connectivity index (χ3v) is 4.14. The van der Waals surface area contributed by atoms with E-state index < -0.39 is 0 Å². The summed E-state index contributed by atoms with van der Waals surface area (Å²) in [6.07, 6.45) is 0. The van der Waals surface area contributed by atoms with Gasteiger partial charge in [-0.2, -0.15) is 0 Å².